The van der Waals surface area contributed by atoms with Gasteiger partial charge in [0.05, 0.1) is 31.0 Å². The fourth-order valence-electron chi connectivity index (χ4n) is 4.93. The topological polar surface area (TPSA) is 107 Å². The molecule has 7 heteroatoms. The second-order valence-corrected chi connectivity index (χ2v) is 7.32. The van der Waals surface area contributed by atoms with Crippen LogP contribution in [0.1, 0.15) is 52.9 Å². The zero-order valence-electron chi connectivity index (χ0n) is 15.7. The van der Waals surface area contributed by atoms with Gasteiger partial charge in [0.25, 0.3) is 0 Å². The van der Waals surface area contributed by atoms with E-state index in [0.717, 1.165) is 0 Å². The third kappa shape index (κ3) is 3.48. The molecule has 2 rings (SSSR count). The van der Waals surface area contributed by atoms with Crippen molar-refractivity contribution in [2.75, 3.05) is 13.2 Å². The number of rotatable bonds is 6. The molecule has 0 heterocycles. The lowest BCUT2D eigenvalue weighted by atomic mass is 9.49. The first-order valence-corrected chi connectivity index (χ1v) is 9.37. The van der Waals surface area contributed by atoms with E-state index in [1.165, 1.54) is 0 Å². The Kier molecular flexibility index (Phi) is 6.42. The maximum atomic E-state index is 13.0. The molecule has 0 aromatic rings. The molecule has 0 amide bonds. The van der Waals surface area contributed by atoms with E-state index < -0.39 is 47.0 Å². The van der Waals surface area contributed by atoms with Crippen LogP contribution in [0.4, 0.5) is 0 Å². The Balaban J connectivity index is 2.51. The number of aliphatic carboxylic acids is 1. The van der Waals surface area contributed by atoms with Gasteiger partial charge in [-0.3, -0.25) is 19.2 Å². The summed E-state index contributed by atoms with van der Waals surface area (Å²) in [6, 6.07) is 0. The first-order valence-electron chi connectivity index (χ1n) is 9.37. The van der Waals surface area contributed by atoms with Gasteiger partial charge in [-0.05, 0) is 38.5 Å². The number of carbonyl (C=O) groups is 4. The minimum Gasteiger partial charge on any atom is -0.481 e. The van der Waals surface area contributed by atoms with Gasteiger partial charge in [-0.25, -0.2) is 0 Å². The number of fused-ring (bicyclic) bond motifs is 1. The maximum Gasteiger partial charge on any atom is 0.313 e. The number of ketones is 1. The van der Waals surface area contributed by atoms with Gasteiger partial charge in [0.15, 0.2) is 0 Å². The molecule has 0 bridgehead atoms. The van der Waals surface area contributed by atoms with Gasteiger partial charge in [-0.1, -0.05) is 13.3 Å². The first-order chi connectivity index (χ1) is 12.3. The van der Waals surface area contributed by atoms with Gasteiger partial charge in [0.1, 0.15) is 5.78 Å². The molecule has 2 aliphatic carbocycles. The summed E-state index contributed by atoms with van der Waals surface area (Å²) in [4.78, 5) is 49.7. The average molecular weight is 368 g/mol. The monoisotopic (exact) mass is 368 g/mol. The SMILES string of the molecule is CCOC(=O)C[C@@]1(C(=O)OCC)[C@H](C)CC(=O)[C@H]2[C@H](C(=O)O)CCC[C@@H]21. The predicted molar refractivity (Wildman–Crippen MR) is 91.1 cm³/mol. The smallest absolute Gasteiger partial charge is 0.313 e. The molecule has 2 fully saturated rings. The van der Waals surface area contributed by atoms with E-state index >= 15 is 0 Å². The molecule has 2 aliphatic rings. The third-order valence-corrected chi connectivity index (χ3v) is 6.03. The second-order valence-electron chi connectivity index (χ2n) is 7.32. The summed E-state index contributed by atoms with van der Waals surface area (Å²) in [5.74, 6) is -4.67. The minimum absolute atomic E-state index is 0.0726. The molecule has 0 radical (unpaired) electrons. The summed E-state index contributed by atoms with van der Waals surface area (Å²) >= 11 is 0. The Hall–Kier alpha value is -1.92. The number of carboxylic acids is 1. The third-order valence-electron chi connectivity index (χ3n) is 6.03. The number of esters is 2. The van der Waals surface area contributed by atoms with Gasteiger partial charge in [0.2, 0.25) is 0 Å². The molecule has 5 atom stereocenters. The van der Waals surface area contributed by atoms with Crippen LogP contribution in [-0.2, 0) is 28.7 Å². The molecule has 0 aromatic heterocycles. The van der Waals surface area contributed by atoms with Gasteiger partial charge in [-0.15, -0.1) is 0 Å². The van der Waals surface area contributed by atoms with Crippen LogP contribution in [-0.4, -0.2) is 42.0 Å². The zero-order valence-corrected chi connectivity index (χ0v) is 15.7. The Morgan fingerprint density at radius 1 is 1.15 bits per heavy atom. The summed E-state index contributed by atoms with van der Waals surface area (Å²) < 4.78 is 10.4. The van der Waals surface area contributed by atoms with Crippen LogP contribution < -0.4 is 0 Å². The molecule has 7 nitrogen and oxygen atoms in total. The van der Waals surface area contributed by atoms with Crippen LogP contribution >= 0.6 is 0 Å². The van der Waals surface area contributed by atoms with Crippen molar-refractivity contribution in [1.29, 1.82) is 0 Å². The van der Waals surface area contributed by atoms with Crippen molar-refractivity contribution in [2.24, 2.45) is 29.1 Å². The summed E-state index contributed by atoms with van der Waals surface area (Å²) in [5.41, 5.74) is -1.21. The highest BCUT2D eigenvalue weighted by molar-refractivity contribution is 5.92. The van der Waals surface area contributed by atoms with E-state index in [1.54, 1.807) is 20.8 Å². The Morgan fingerprint density at radius 3 is 2.38 bits per heavy atom. The zero-order chi connectivity index (χ0) is 19.5. The van der Waals surface area contributed by atoms with Crippen LogP contribution in [0.25, 0.3) is 0 Å². The molecular weight excluding hydrogens is 340 g/mol. The average Bonchev–Trinajstić information content (AvgIpc) is 2.58. The number of ether oxygens (including phenoxy) is 2. The number of Topliss-reactive ketones (excluding diaryl/α,β-unsaturated/α-hetero) is 1. The van der Waals surface area contributed by atoms with Gasteiger partial charge >= 0.3 is 17.9 Å². The van der Waals surface area contributed by atoms with Crippen molar-refractivity contribution in [3.63, 3.8) is 0 Å². The highest BCUT2D eigenvalue weighted by Crippen LogP contribution is 2.56. The van der Waals surface area contributed by atoms with E-state index in [9.17, 15) is 24.3 Å². The molecule has 2 saturated carbocycles. The lowest BCUT2D eigenvalue weighted by Gasteiger charge is -2.52. The first kappa shape index (κ1) is 20.4. The van der Waals surface area contributed by atoms with Gasteiger partial charge < -0.3 is 14.6 Å². The lowest BCUT2D eigenvalue weighted by Crippen LogP contribution is -2.58. The fraction of sp³-hybridized carbons (Fsp3) is 0.789. The standard InChI is InChI=1S/C19H28O7/c1-4-25-15(21)10-19(18(24)26-5-2)11(3)9-14(20)16-12(17(22)23)7-6-8-13(16)19/h11-13,16H,4-10H2,1-3H3,(H,22,23)/t11-,12-,13+,16+,19-/m1/s1. The van der Waals surface area contributed by atoms with Crippen LogP contribution in [0.15, 0.2) is 0 Å². The number of hydrogen-bond donors (Lipinski definition) is 1. The summed E-state index contributed by atoms with van der Waals surface area (Å²) in [6.45, 7) is 5.50. The molecule has 26 heavy (non-hydrogen) atoms. The molecule has 146 valence electrons. The molecule has 0 aliphatic heterocycles. The Bertz CT molecular complexity index is 584. The van der Waals surface area contributed by atoms with Gasteiger partial charge in [0, 0.05) is 12.3 Å². The molecule has 1 N–H and O–H groups in total. The van der Waals surface area contributed by atoms with E-state index in [4.69, 9.17) is 9.47 Å². The highest BCUT2D eigenvalue weighted by atomic mass is 16.5. The quantitative estimate of drug-likeness (QED) is 0.716. The number of hydrogen-bond acceptors (Lipinski definition) is 6. The molecule has 0 spiro atoms. The largest absolute Gasteiger partial charge is 0.481 e. The summed E-state index contributed by atoms with van der Waals surface area (Å²) in [7, 11) is 0. The van der Waals surface area contributed by atoms with Crippen molar-refractivity contribution >= 4 is 23.7 Å². The summed E-state index contributed by atoms with van der Waals surface area (Å²) in [5, 5.41) is 9.58. The molecule has 0 saturated heterocycles. The van der Waals surface area contributed by atoms with Crippen LogP contribution in [0, 0.1) is 29.1 Å². The van der Waals surface area contributed by atoms with Crippen molar-refractivity contribution in [2.45, 2.75) is 52.9 Å². The Labute approximate surface area is 153 Å². The van der Waals surface area contributed by atoms with E-state index in [1.807, 2.05) is 0 Å². The minimum atomic E-state index is -1.21. The normalized spacial score (nSPS) is 33.9. The summed E-state index contributed by atoms with van der Waals surface area (Å²) in [6.07, 6.45) is 1.44. The van der Waals surface area contributed by atoms with E-state index in [0.29, 0.717) is 19.3 Å². The highest BCUT2D eigenvalue weighted by Gasteiger charge is 2.62. The Morgan fingerprint density at radius 2 is 1.81 bits per heavy atom. The number of carboxylic acid groups (broad SMARTS) is 1. The fourth-order valence-corrected chi connectivity index (χ4v) is 4.93. The van der Waals surface area contributed by atoms with E-state index in [2.05, 4.69) is 0 Å². The molecular formula is C19H28O7. The van der Waals surface area contributed by atoms with Crippen molar-refractivity contribution in [1.82, 2.24) is 0 Å². The van der Waals surface area contributed by atoms with Crippen molar-refractivity contribution in [3.05, 3.63) is 0 Å². The van der Waals surface area contributed by atoms with Crippen LogP contribution in [0.2, 0.25) is 0 Å². The number of carbonyl (C=O) groups excluding carboxylic acids is 3. The van der Waals surface area contributed by atoms with Crippen LogP contribution in [0.5, 0.6) is 0 Å². The van der Waals surface area contributed by atoms with Gasteiger partial charge in [-0.2, -0.15) is 0 Å². The lowest BCUT2D eigenvalue weighted by molar-refractivity contribution is -0.185. The van der Waals surface area contributed by atoms with Crippen molar-refractivity contribution < 1.29 is 33.8 Å². The predicted octanol–water partition coefficient (Wildman–Crippen LogP) is 2.22. The van der Waals surface area contributed by atoms with Crippen molar-refractivity contribution in [3.8, 4) is 0 Å². The maximum absolute atomic E-state index is 13.0. The molecule has 0 aromatic carbocycles. The second kappa shape index (κ2) is 8.18. The van der Waals surface area contributed by atoms with Crippen LogP contribution in [0.3, 0.4) is 0 Å². The van der Waals surface area contributed by atoms with E-state index in [-0.39, 0.29) is 31.8 Å². The molecule has 0 unspecified atom stereocenters.